The summed E-state index contributed by atoms with van der Waals surface area (Å²) in [6.07, 6.45) is 3.26. The Bertz CT molecular complexity index is 525. The molecular formula is C13H15N3OS. The Kier molecular flexibility index (Phi) is 3.94. The van der Waals surface area contributed by atoms with Crippen LogP contribution >= 0.6 is 11.3 Å². The Morgan fingerprint density at radius 1 is 1.44 bits per heavy atom. The van der Waals surface area contributed by atoms with Gasteiger partial charge in [-0.15, -0.1) is 11.3 Å². The number of pyridine rings is 1. The standard InChI is InChI=1S/C13H15N3OS/c1-9(12-4-3-7-18-12)16-13(17)10-5-6-15-8-11(10)14-2/h3-9,14H,1-2H3,(H,16,17). The van der Waals surface area contributed by atoms with Crippen LogP contribution in [0, 0.1) is 0 Å². The van der Waals surface area contributed by atoms with E-state index in [1.165, 1.54) is 0 Å². The summed E-state index contributed by atoms with van der Waals surface area (Å²) in [4.78, 5) is 17.3. The first kappa shape index (κ1) is 12.6. The van der Waals surface area contributed by atoms with E-state index in [0.717, 1.165) is 10.6 Å². The monoisotopic (exact) mass is 261 g/mol. The number of aromatic nitrogens is 1. The number of carbonyl (C=O) groups excluding carboxylic acids is 1. The molecule has 0 saturated heterocycles. The van der Waals surface area contributed by atoms with Gasteiger partial charge >= 0.3 is 0 Å². The second-order valence-electron chi connectivity index (χ2n) is 3.88. The van der Waals surface area contributed by atoms with Crippen LogP contribution in [0.3, 0.4) is 0 Å². The molecule has 0 radical (unpaired) electrons. The van der Waals surface area contributed by atoms with E-state index in [2.05, 4.69) is 15.6 Å². The molecule has 1 amide bonds. The van der Waals surface area contributed by atoms with Gasteiger partial charge in [0.25, 0.3) is 5.91 Å². The number of nitrogens with one attached hydrogen (secondary N) is 2. The van der Waals surface area contributed by atoms with E-state index in [1.54, 1.807) is 36.8 Å². The van der Waals surface area contributed by atoms with Gasteiger partial charge in [0.15, 0.2) is 0 Å². The van der Waals surface area contributed by atoms with E-state index in [9.17, 15) is 4.79 Å². The van der Waals surface area contributed by atoms with Gasteiger partial charge in [0.1, 0.15) is 0 Å². The highest BCUT2D eigenvalue weighted by Gasteiger charge is 2.14. The Labute approximate surface area is 110 Å². The third-order valence-electron chi connectivity index (χ3n) is 2.65. The second kappa shape index (κ2) is 5.64. The quantitative estimate of drug-likeness (QED) is 0.889. The van der Waals surface area contributed by atoms with Crippen molar-refractivity contribution in [3.05, 3.63) is 46.4 Å². The zero-order valence-electron chi connectivity index (χ0n) is 10.3. The Morgan fingerprint density at radius 3 is 2.94 bits per heavy atom. The average Bonchev–Trinajstić information content (AvgIpc) is 2.92. The highest BCUT2D eigenvalue weighted by molar-refractivity contribution is 7.10. The van der Waals surface area contributed by atoms with E-state index in [4.69, 9.17) is 0 Å². The van der Waals surface area contributed by atoms with Gasteiger partial charge < -0.3 is 10.6 Å². The van der Waals surface area contributed by atoms with Crippen molar-refractivity contribution in [1.82, 2.24) is 10.3 Å². The molecule has 0 fully saturated rings. The van der Waals surface area contributed by atoms with Gasteiger partial charge in [-0.05, 0) is 24.4 Å². The predicted octanol–water partition coefficient (Wildman–Crippen LogP) is 2.68. The number of rotatable bonds is 4. The zero-order valence-corrected chi connectivity index (χ0v) is 11.1. The highest BCUT2D eigenvalue weighted by atomic mass is 32.1. The van der Waals surface area contributed by atoms with Crippen molar-refractivity contribution in [1.29, 1.82) is 0 Å². The van der Waals surface area contributed by atoms with Crippen LogP contribution in [-0.2, 0) is 0 Å². The normalized spacial score (nSPS) is 11.9. The van der Waals surface area contributed by atoms with Crippen LogP contribution in [0.4, 0.5) is 5.69 Å². The molecule has 0 saturated carbocycles. The molecular weight excluding hydrogens is 246 g/mol. The average molecular weight is 261 g/mol. The minimum atomic E-state index is -0.0948. The third kappa shape index (κ3) is 2.68. The lowest BCUT2D eigenvalue weighted by Gasteiger charge is -2.14. The smallest absolute Gasteiger partial charge is 0.253 e. The van der Waals surface area contributed by atoms with E-state index < -0.39 is 0 Å². The molecule has 0 spiro atoms. The third-order valence-corrected chi connectivity index (χ3v) is 3.71. The topological polar surface area (TPSA) is 54.0 Å². The van der Waals surface area contributed by atoms with Crippen molar-refractivity contribution in [2.75, 3.05) is 12.4 Å². The summed E-state index contributed by atoms with van der Waals surface area (Å²) in [6.45, 7) is 1.98. The highest BCUT2D eigenvalue weighted by Crippen LogP contribution is 2.20. The molecule has 2 heterocycles. The Hall–Kier alpha value is -1.88. The van der Waals surface area contributed by atoms with Crippen molar-refractivity contribution in [3.63, 3.8) is 0 Å². The summed E-state index contributed by atoms with van der Waals surface area (Å²) in [5.74, 6) is -0.0948. The molecule has 2 aromatic rings. The minimum Gasteiger partial charge on any atom is -0.386 e. The number of carbonyl (C=O) groups is 1. The summed E-state index contributed by atoms with van der Waals surface area (Å²) in [7, 11) is 1.77. The minimum absolute atomic E-state index is 0.00960. The molecule has 18 heavy (non-hydrogen) atoms. The van der Waals surface area contributed by atoms with Gasteiger partial charge in [-0.1, -0.05) is 6.07 Å². The van der Waals surface area contributed by atoms with E-state index in [-0.39, 0.29) is 11.9 Å². The molecule has 5 heteroatoms. The molecule has 0 aliphatic carbocycles. The summed E-state index contributed by atoms with van der Waals surface area (Å²) in [5.41, 5.74) is 1.34. The van der Waals surface area contributed by atoms with E-state index >= 15 is 0 Å². The van der Waals surface area contributed by atoms with Crippen molar-refractivity contribution < 1.29 is 4.79 Å². The number of hydrogen-bond donors (Lipinski definition) is 2. The van der Waals surface area contributed by atoms with Crippen LogP contribution < -0.4 is 10.6 Å². The second-order valence-corrected chi connectivity index (χ2v) is 4.86. The van der Waals surface area contributed by atoms with Crippen molar-refractivity contribution in [2.45, 2.75) is 13.0 Å². The molecule has 94 valence electrons. The molecule has 0 bridgehead atoms. The molecule has 2 aromatic heterocycles. The van der Waals surface area contributed by atoms with Crippen LogP contribution in [-0.4, -0.2) is 17.9 Å². The Morgan fingerprint density at radius 2 is 2.28 bits per heavy atom. The summed E-state index contributed by atoms with van der Waals surface area (Å²) >= 11 is 1.64. The molecule has 0 aliphatic rings. The maximum Gasteiger partial charge on any atom is 0.253 e. The van der Waals surface area contributed by atoms with Crippen molar-refractivity contribution in [2.24, 2.45) is 0 Å². The summed E-state index contributed by atoms with van der Waals surface area (Å²) in [5, 5.41) is 7.94. The lowest BCUT2D eigenvalue weighted by Crippen LogP contribution is -2.26. The molecule has 1 unspecified atom stereocenters. The first-order chi connectivity index (χ1) is 8.72. The maximum atomic E-state index is 12.2. The largest absolute Gasteiger partial charge is 0.386 e. The van der Waals surface area contributed by atoms with Gasteiger partial charge in [0, 0.05) is 18.1 Å². The summed E-state index contributed by atoms with van der Waals surface area (Å²) < 4.78 is 0. The van der Waals surface area contributed by atoms with Gasteiger partial charge in [0.05, 0.1) is 23.5 Å². The van der Waals surface area contributed by atoms with Crippen LogP contribution in [0.25, 0.3) is 0 Å². The van der Waals surface area contributed by atoms with Crippen LogP contribution in [0.1, 0.15) is 28.2 Å². The van der Waals surface area contributed by atoms with Crippen molar-refractivity contribution >= 4 is 22.9 Å². The van der Waals surface area contributed by atoms with E-state index in [1.807, 2.05) is 24.4 Å². The first-order valence-corrected chi connectivity index (χ1v) is 6.56. The first-order valence-electron chi connectivity index (χ1n) is 5.68. The molecule has 2 N–H and O–H groups in total. The molecule has 4 nitrogen and oxygen atoms in total. The van der Waals surface area contributed by atoms with Gasteiger partial charge in [0.2, 0.25) is 0 Å². The predicted molar refractivity (Wildman–Crippen MR) is 74.0 cm³/mol. The number of hydrogen-bond acceptors (Lipinski definition) is 4. The van der Waals surface area contributed by atoms with Gasteiger partial charge in [-0.2, -0.15) is 0 Å². The lowest BCUT2D eigenvalue weighted by atomic mass is 10.2. The summed E-state index contributed by atoms with van der Waals surface area (Å²) in [6, 6.07) is 5.72. The maximum absolute atomic E-state index is 12.2. The fourth-order valence-corrected chi connectivity index (χ4v) is 2.41. The van der Waals surface area contributed by atoms with Gasteiger partial charge in [-0.3, -0.25) is 9.78 Å². The van der Waals surface area contributed by atoms with Crippen molar-refractivity contribution in [3.8, 4) is 0 Å². The lowest BCUT2D eigenvalue weighted by molar-refractivity contribution is 0.0941. The molecule has 0 aromatic carbocycles. The number of anilines is 1. The Balaban J connectivity index is 2.12. The fraction of sp³-hybridized carbons (Fsp3) is 0.231. The van der Waals surface area contributed by atoms with E-state index in [0.29, 0.717) is 5.56 Å². The van der Waals surface area contributed by atoms with Gasteiger partial charge in [-0.25, -0.2) is 0 Å². The molecule has 0 aliphatic heterocycles. The SMILES string of the molecule is CNc1cnccc1C(=O)NC(C)c1cccs1. The molecule has 1 atom stereocenters. The number of nitrogens with zero attached hydrogens (tertiary/aromatic N) is 1. The number of thiophene rings is 1. The van der Waals surface area contributed by atoms with Crippen LogP contribution in [0.15, 0.2) is 36.0 Å². The zero-order chi connectivity index (χ0) is 13.0. The van der Waals surface area contributed by atoms with Crippen LogP contribution in [0.2, 0.25) is 0 Å². The number of amides is 1. The fourth-order valence-electron chi connectivity index (χ4n) is 1.67. The molecule has 2 rings (SSSR count). The van der Waals surface area contributed by atoms with Crippen LogP contribution in [0.5, 0.6) is 0 Å².